The minimum Gasteiger partial charge on any atom is -0.503 e. The van der Waals surface area contributed by atoms with E-state index in [1.165, 1.54) is 0 Å². The Bertz CT molecular complexity index is 537. The predicted molar refractivity (Wildman–Crippen MR) is 45.1 cm³/mol. The van der Waals surface area contributed by atoms with Crippen molar-refractivity contribution in [2.75, 3.05) is 0 Å². The Labute approximate surface area is 82.4 Å². The van der Waals surface area contributed by atoms with Gasteiger partial charge in [-0.1, -0.05) is 0 Å². The molecule has 84 valence electrons. The van der Waals surface area contributed by atoms with Gasteiger partial charge in [0, 0.05) is 0 Å². The van der Waals surface area contributed by atoms with E-state index in [0.717, 1.165) is 0 Å². The molecule has 1 heterocycles. The monoisotopic (exact) mass is 240 g/mol. The molecule has 0 amide bonds. The number of primary sulfonamides is 1. The molecule has 4 N–H and O–H groups in total. The third-order valence-electron chi connectivity index (χ3n) is 1.55. The highest BCUT2D eigenvalue weighted by molar-refractivity contribution is 7.89. The normalized spacial score (nSPS) is 12.0. The van der Waals surface area contributed by atoms with Gasteiger partial charge in [-0.3, -0.25) is 4.79 Å². The molecule has 0 unspecified atom stereocenters. The lowest BCUT2D eigenvalue weighted by Crippen LogP contribution is -2.20. The van der Waals surface area contributed by atoms with Crippen molar-refractivity contribution in [1.29, 1.82) is 0 Å². The van der Waals surface area contributed by atoms with Crippen molar-refractivity contribution in [3.63, 3.8) is 0 Å². The van der Waals surface area contributed by atoms with Gasteiger partial charge in [0.1, 0.15) is 0 Å². The van der Waals surface area contributed by atoms with Gasteiger partial charge >= 0.3 is 0 Å². The molecule has 0 saturated carbocycles. The molecule has 0 aromatic carbocycles. The molecule has 1 aromatic heterocycles. The molecular weight excluding hydrogens is 234 g/mol. The van der Waals surface area contributed by atoms with Crippen molar-refractivity contribution in [2.45, 2.75) is 11.5 Å². The Morgan fingerprint density at radius 3 is 2.40 bits per heavy atom. The minimum atomic E-state index is -4.30. The number of aromatic amines is 1. The summed E-state index contributed by atoms with van der Waals surface area (Å²) in [5, 5.41) is 12.6. The van der Waals surface area contributed by atoms with E-state index >= 15 is 0 Å². The molecule has 6 nitrogen and oxygen atoms in total. The summed E-state index contributed by atoms with van der Waals surface area (Å²) < 4.78 is 46.0. The first-order valence-corrected chi connectivity index (χ1v) is 5.05. The highest BCUT2D eigenvalue weighted by atomic mass is 32.2. The minimum absolute atomic E-state index is 0.413. The van der Waals surface area contributed by atoms with E-state index in [1.54, 1.807) is 4.98 Å². The number of hydrogen-bond acceptors (Lipinski definition) is 4. The van der Waals surface area contributed by atoms with Crippen molar-refractivity contribution in [2.24, 2.45) is 5.14 Å². The highest BCUT2D eigenvalue weighted by Crippen LogP contribution is 2.25. The van der Waals surface area contributed by atoms with E-state index in [9.17, 15) is 22.0 Å². The third-order valence-corrected chi connectivity index (χ3v) is 2.39. The standard InChI is InChI=1S/C6H6F2N2O4S/c7-5(8)2-1-3(15(9,13)14)10-6(12)4(2)11/h1,5,11H,(H,10,12)(H2,9,13,14). The zero-order valence-corrected chi connectivity index (χ0v) is 7.88. The first-order valence-electron chi connectivity index (χ1n) is 3.50. The van der Waals surface area contributed by atoms with Gasteiger partial charge in [-0.2, -0.15) is 0 Å². The number of alkyl halides is 2. The van der Waals surface area contributed by atoms with Crippen molar-refractivity contribution in [3.05, 3.63) is 22.0 Å². The van der Waals surface area contributed by atoms with Gasteiger partial charge < -0.3 is 10.1 Å². The van der Waals surface area contributed by atoms with Gasteiger partial charge in [0.2, 0.25) is 0 Å². The van der Waals surface area contributed by atoms with Crippen molar-refractivity contribution in [1.82, 2.24) is 4.98 Å². The molecule has 0 spiro atoms. The van der Waals surface area contributed by atoms with Crippen LogP contribution in [-0.2, 0) is 10.0 Å². The van der Waals surface area contributed by atoms with Gasteiger partial charge in [-0.05, 0) is 6.07 Å². The second-order valence-corrected chi connectivity index (χ2v) is 4.14. The molecule has 0 aliphatic rings. The lowest BCUT2D eigenvalue weighted by atomic mass is 10.2. The Kier molecular flexibility index (Phi) is 2.77. The number of aromatic hydroxyl groups is 1. The van der Waals surface area contributed by atoms with Crippen LogP contribution in [0.2, 0.25) is 0 Å². The first kappa shape index (κ1) is 11.6. The van der Waals surface area contributed by atoms with E-state index in [4.69, 9.17) is 5.11 Å². The van der Waals surface area contributed by atoms with E-state index in [-0.39, 0.29) is 0 Å². The Morgan fingerprint density at radius 2 is 2.00 bits per heavy atom. The van der Waals surface area contributed by atoms with Crippen LogP contribution in [0.3, 0.4) is 0 Å². The fourth-order valence-electron chi connectivity index (χ4n) is 0.867. The van der Waals surface area contributed by atoms with Crippen LogP contribution in [0.4, 0.5) is 8.78 Å². The SMILES string of the molecule is NS(=O)(=O)c1cc(C(F)F)c(O)c(=O)[nH]1. The molecule has 0 radical (unpaired) electrons. The molecule has 0 aliphatic heterocycles. The quantitative estimate of drug-likeness (QED) is 0.656. The second kappa shape index (κ2) is 3.59. The fourth-order valence-corrected chi connectivity index (χ4v) is 1.39. The van der Waals surface area contributed by atoms with Gasteiger partial charge in [-0.15, -0.1) is 0 Å². The first-order chi connectivity index (χ1) is 6.73. The molecule has 0 atom stereocenters. The molecule has 1 rings (SSSR count). The maximum absolute atomic E-state index is 12.2. The van der Waals surface area contributed by atoms with Crippen LogP contribution in [-0.4, -0.2) is 18.5 Å². The van der Waals surface area contributed by atoms with Crippen molar-refractivity contribution >= 4 is 10.0 Å². The maximum Gasteiger partial charge on any atom is 0.291 e. The van der Waals surface area contributed by atoms with E-state index in [2.05, 4.69) is 5.14 Å². The molecule has 15 heavy (non-hydrogen) atoms. The number of nitrogens with two attached hydrogens (primary N) is 1. The molecule has 9 heteroatoms. The van der Waals surface area contributed by atoms with Crippen molar-refractivity contribution in [3.8, 4) is 5.75 Å². The number of aromatic nitrogens is 1. The van der Waals surface area contributed by atoms with Crippen LogP contribution >= 0.6 is 0 Å². The summed E-state index contributed by atoms with van der Waals surface area (Å²) in [5.41, 5.74) is -2.42. The number of rotatable bonds is 2. The lowest BCUT2D eigenvalue weighted by molar-refractivity contribution is 0.146. The molecule has 0 aliphatic carbocycles. The average molecular weight is 240 g/mol. The molecule has 1 aromatic rings. The van der Waals surface area contributed by atoms with Crippen LogP contribution < -0.4 is 10.7 Å². The third kappa shape index (κ3) is 2.30. The highest BCUT2D eigenvalue weighted by Gasteiger charge is 2.20. The van der Waals surface area contributed by atoms with Gasteiger partial charge in [-0.25, -0.2) is 22.3 Å². The zero-order chi connectivity index (χ0) is 11.8. The number of pyridine rings is 1. The topological polar surface area (TPSA) is 113 Å². The summed E-state index contributed by atoms with van der Waals surface area (Å²) in [6.07, 6.45) is -3.17. The number of sulfonamides is 1. The molecule has 0 fully saturated rings. The average Bonchev–Trinajstić information content (AvgIpc) is 2.06. The number of H-pyrrole nitrogens is 1. The van der Waals surface area contributed by atoms with Gasteiger partial charge in [0.15, 0.2) is 10.8 Å². The summed E-state index contributed by atoms with van der Waals surface area (Å²) in [6, 6.07) is 0.413. The Morgan fingerprint density at radius 1 is 1.47 bits per heavy atom. The predicted octanol–water partition coefficient (Wildman–Crippen LogP) is -0.334. The largest absolute Gasteiger partial charge is 0.503 e. The van der Waals surface area contributed by atoms with Crippen molar-refractivity contribution < 1.29 is 22.3 Å². The second-order valence-electron chi connectivity index (χ2n) is 2.61. The number of hydrogen-bond donors (Lipinski definition) is 3. The maximum atomic E-state index is 12.2. The van der Waals surface area contributed by atoms with Crippen LogP contribution in [0.1, 0.15) is 12.0 Å². The molecule has 0 bridgehead atoms. The van der Waals surface area contributed by atoms with E-state index in [1.807, 2.05) is 0 Å². The summed E-state index contributed by atoms with van der Waals surface area (Å²) in [6.45, 7) is 0. The van der Waals surface area contributed by atoms with Crippen LogP contribution in [0, 0.1) is 0 Å². The lowest BCUT2D eigenvalue weighted by Gasteiger charge is -2.04. The Hall–Kier alpha value is -1.48. The summed E-state index contributed by atoms with van der Waals surface area (Å²) in [5.74, 6) is -1.22. The zero-order valence-electron chi connectivity index (χ0n) is 7.07. The van der Waals surface area contributed by atoms with Gasteiger partial charge in [0.25, 0.3) is 22.0 Å². The fraction of sp³-hybridized carbons (Fsp3) is 0.167. The van der Waals surface area contributed by atoms with E-state index < -0.39 is 38.3 Å². The summed E-state index contributed by atoms with van der Waals surface area (Å²) >= 11 is 0. The van der Waals surface area contributed by atoms with Gasteiger partial charge in [0.05, 0.1) is 5.56 Å². The van der Waals surface area contributed by atoms with Crippen LogP contribution in [0.15, 0.2) is 15.9 Å². The summed E-state index contributed by atoms with van der Waals surface area (Å²) in [4.78, 5) is 12.5. The number of halogens is 2. The molecular formula is C6H6F2N2O4S. The number of nitrogens with one attached hydrogen (secondary N) is 1. The summed E-state index contributed by atoms with van der Waals surface area (Å²) in [7, 11) is -4.30. The molecule has 0 saturated heterocycles. The van der Waals surface area contributed by atoms with Crippen LogP contribution in [0.5, 0.6) is 5.75 Å². The van der Waals surface area contributed by atoms with E-state index in [0.29, 0.717) is 6.07 Å². The Balaban J connectivity index is 3.58. The smallest absolute Gasteiger partial charge is 0.291 e. The van der Waals surface area contributed by atoms with Crippen LogP contribution in [0.25, 0.3) is 0 Å².